The first-order valence-corrected chi connectivity index (χ1v) is 8.58. The average Bonchev–Trinajstić information content (AvgIpc) is 2.53. The number of carbonyl (C=O) groups is 1. The van der Waals surface area contributed by atoms with Crippen LogP contribution in [0.2, 0.25) is 0 Å². The van der Waals surface area contributed by atoms with E-state index < -0.39 is 16.1 Å². The molecule has 0 heterocycles. The van der Waals surface area contributed by atoms with E-state index in [1.807, 2.05) is 37.3 Å². The Bertz CT molecular complexity index is 789. The van der Waals surface area contributed by atoms with Crippen molar-refractivity contribution in [1.29, 1.82) is 0 Å². The Morgan fingerprint density at radius 1 is 1.17 bits per heavy atom. The Balaban J connectivity index is 2.10. The average molecular weight is 334 g/mol. The first-order chi connectivity index (χ1) is 10.9. The number of anilines is 1. The molecular weight excluding hydrogens is 316 g/mol. The predicted molar refractivity (Wildman–Crippen MR) is 87.4 cm³/mol. The summed E-state index contributed by atoms with van der Waals surface area (Å²) < 4.78 is 28.0. The largest absolute Gasteiger partial charge is 0.444 e. The van der Waals surface area contributed by atoms with Crippen LogP contribution in [0.3, 0.4) is 0 Å². The molecule has 0 fully saturated rings. The molecule has 0 aliphatic rings. The van der Waals surface area contributed by atoms with Crippen LogP contribution in [-0.4, -0.2) is 14.5 Å². The van der Waals surface area contributed by atoms with Crippen molar-refractivity contribution < 1.29 is 17.9 Å². The highest BCUT2D eigenvalue weighted by Gasteiger charge is 2.13. The van der Waals surface area contributed by atoms with Gasteiger partial charge in [-0.15, -0.1) is 0 Å². The third-order valence-electron chi connectivity index (χ3n) is 3.24. The highest BCUT2D eigenvalue weighted by atomic mass is 32.2. The minimum Gasteiger partial charge on any atom is -0.444 e. The summed E-state index contributed by atoms with van der Waals surface area (Å²) in [5, 5.41) is 7.67. The summed E-state index contributed by atoms with van der Waals surface area (Å²) in [6, 6.07) is 13.6. The lowest BCUT2D eigenvalue weighted by atomic mass is 10.1. The molecule has 0 aliphatic heterocycles. The lowest BCUT2D eigenvalue weighted by Gasteiger charge is -2.12. The van der Waals surface area contributed by atoms with Crippen LogP contribution in [0.5, 0.6) is 0 Å². The van der Waals surface area contributed by atoms with Gasteiger partial charge >= 0.3 is 6.09 Å². The molecule has 2 rings (SSSR count). The molecule has 23 heavy (non-hydrogen) atoms. The van der Waals surface area contributed by atoms with Gasteiger partial charge in [0.1, 0.15) is 6.61 Å². The highest BCUT2D eigenvalue weighted by molar-refractivity contribution is 7.89. The fraction of sp³-hybridized carbons (Fsp3) is 0.188. The zero-order valence-electron chi connectivity index (χ0n) is 12.7. The number of hydrogen-bond acceptors (Lipinski definition) is 4. The smallest absolute Gasteiger partial charge is 0.411 e. The Labute approximate surface area is 135 Å². The summed E-state index contributed by atoms with van der Waals surface area (Å²) >= 11 is 0. The molecule has 0 aromatic heterocycles. The maximum Gasteiger partial charge on any atom is 0.411 e. The third kappa shape index (κ3) is 4.80. The Hall–Kier alpha value is -2.38. The molecule has 0 saturated carbocycles. The summed E-state index contributed by atoms with van der Waals surface area (Å²) in [4.78, 5) is 11.8. The van der Waals surface area contributed by atoms with Gasteiger partial charge in [0, 0.05) is 5.69 Å². The topological polar surface area (TPSA) is 98.5 Å². The molecular formula is C16H18N2O4S. The number of nitrogens with one attached hydrogen (secondary N) is 1. The number of primary sulfonamides is 1. The van der Waals surface area contributed by atoms with Gasteiger partial charge in [0.2, 0.25) is 10.0 Å². The van der Waals surface area contributed by atoms with Crippen LogP contribution in [-0.2, 0) is 27.8 Å². The van der Waals surface area contributed by atoms with Crippen LogP contribution in [0, 0.1) is 0 Å². The Kier molecular flexibility index (Phi) is 5.36. The van der Waals surface area contributed by atoms with Crippen molar-refractivity contribution in [2.45, 2.75) is 24.8 Å². The van der Waals surface area contributed by atoms with Crippen molar-refractivity contribution in [1.82, 2.24) is 0 Å². The van der Waals surface area contributed by atoms with Crippen molar-refractivity contribution in [3.8, 4) is 0 Å². The molecule has 0 spiro atoms. The second kappa shape index (κ2) is 7.26. The number of nitrogens with two attached hydrogens (primary N) is 1. The predicted octanol–water partition coefficient (Wildman–Crippen LogP) is 2.65. The van der Waals surface area contributed by atoms with Gasteiger partial charge in [-0.05, 0) is 29.7 Å². The number of aryl methyl sites for hydroxylation is 1. The lowest BCUT2D eigenvalue weighted by molar-refractivity contribution is 0.155. The van der Waals surface area contributed by atoms with E-state index in [-0.39, 0.29) is 11.5 Å². The number of benzene rings is 2. The molecule has 3 N–H and O–H groups in total. The van der Waals surface area contributed by atoms with Gasteiger partial charge in [-0.2, -0.15) is 0 Å². The van der Waals surface area contributed by atoms with Gasteiger partial charge in [-0.3, -0.25) is 5.32 Å². The molecule has 0 unspecified atom stereocenters. The Morgan fingerprint density at radius 2 is 1.87 bits per heavy atom. The van der Waals surface area contributed by atoms with Gasteiger partial charge in [0.05, 0.1) is 4.90 Å². The zero-order chi connectivity index (χ0) is 16.9. The molecule has 2 aromatic carbocycles. The highest BCUT2D eigenvalue weighted by Crippen LogP contribution is 2.21. The summed E-state index contributed by atoms with van der Waals surface area (Å²) in [5.74, 6) is 0. The number of ether oxygens (including phenoxy) is 1. The normalized spacial score (nSPS) is 11.0. The maximum absolute atomic E-state index is 11.9. The molecule has 2 aromatic rings. The van der Waals surface area contributed by atoms with Gasteiger partial charge in [0.25, 0.3) is 0 Å². The first kappa shape index (κ1) is 17.0. The van der Waals surface area contributed by atoms with E-state index in [4.69, 9.17) is 9.88 Å². The van der Waals surface area contributed by atoms with E-state index in [9.17, 15) is 13.2 Å². The van der Waals surface area contributed by atoms with Crippen LogP contribution in [0.4, 0.5) is 10.5 Å². The van der Waals surface area contributed by atoms with Crippen LogP contribution in [0.25, 0.3) is 0 Å². The van der Waals surface area contributed by atoms with Crippen molar-refractivity contribution in [3.05, 3.63) is 59.7 Å². The molecule has 7 heteroatoms. The Morgan fingerprint density at radius 3 is 2.48 bits per heavy atom. The van der Waals surface area contributed by atoms with E-state index >= 15 is 0 Å². The van der Waals surface area contributed by atoms with Crippen LogP contribution in [0.15, 0.2) is 53.4 Å². The summed E-state index contributed by atoms with van der Waals surface area (Å²) in [6.45, 7) is 2.02. The van der Waals surface area contributed by atoms with Crippen molar-refractivity contribution in [2.24, 2.45) is 5.14 Å². The van der Waals surface area contributed by atoms with Crippen molar-refractivity contribution in [3.63, 3.8) is 0 Å². The first-order valence-electron chi connectivity index (χ1n) is 7.03. The third-order valence-corrected chi connectivity index (χ3v) is 4.15. The second-order valence-corrected chi connectivity index (χ2v) is 6.47. The zero-order valence-corrected chi connectivity index (χ0v) is 13.5. The van der Waals surface area contributed by atoms with Gasteiger partial charge in [-0.25, -0.2) is 18.4 Å². The molecule has 0 radical (unpaired) electrons. The molecule has 0 saturated heterocycles. The van der Waals surface area contributed by atoms with Crippen LogP contribution >= 0.6 is 0 Å². The van der Waals surface area contributed by atoms with E-state index in [1.54, 1.807) is 6.07 Å². The molecule has 0 bridgehead atoms. The fourth-order valence-electron chi connectivity index (χ4n) is 2.03. The summed E-state index contributed by atoms with van der Waals surface area (Å²) in [7, 11) is -3.83. The van der Waals surface area contributed by atoms with Gasteiger partial charge in [0.15, 0.2) is 0 Å². The quantitative estimate of drug-likeness (QED) is 0.878. The molecule has 6 nitrogen and oxygen atoms in total. The molecule has 1 amide bonds. The van der Waals surface area contributed by atoms with E-state index in [2.05, 4.69) is 5.32 Å². The van der Waals surface area contributed by atoms with Crippen molar-refractivity contribution in [2.75, 3.05) is 5.32 Å². The van der Waals surface area contributed by atoms with Crippen molar-refractivity contribution >= 4 is 21.8 Å². The van der Waals surface area contributed by atoms with Crippen LogP contribution < -0.4 is 10.5 Å². The molecule has 0 aliphatic carbocycles. The van der Waals surface area contributed by atoms with E-state index in [0.29, 0.717) is 12.1 Å². The molecule has 0 atom stereocenters. The van der Waals surface area contributed by atoms with E-state index in [0.717, 1.165) is 11.1 Å². The van der Waals surface area contributed by atoms with E-state index in [1.165, 1.54) is 12.1 Å². The fourth-order valence-corrected chi connectivity index (χ4v) is 2.57. The standard InChI is InChI=1S/C16H18N2O4S/c1-2-13-8-9-14(23(17,20)21)10-15(13)18-16(19)22-11-12-6-4-3-5-7-12/h3-10H,2,11H2,1H3,(H,18,19)(H2,17,20,21). The number of amides is 1. The minimum atomic E-state index is -3.83. The summed E-state index contributed by atoms with van der Waals surface area (Å²) in [6.07, 6.45) is -0.0331. The second-order valence-electron chi connectivity index (χ2n) is 4.90. The van der Waals surface area contributed by atoms with Gasteiger partial charge in [-0.1, -0.05) is 43.3 Å². The number of sulfonamides is 1. The van der Waals surface area contributed by atoms with Crippen LogP contribution in [0.1, 0.15) is 18.1 Å². The number of rotatable bonds is 5. The maximum atomic E-state index is 11.9. The number of hydrogen-bond donors (Lipinski definition) is 2. The monoisotopic (exact) mass is 334 g/mol. The minimum absolute atomic E-state index is 0.0620. The SMILES string of the molecule is CCc1ccc(S(N)(=O)=O)cc1NC(=O)OCc1ccccc1. The lowest BCUT2D eigenvalue weighted by Crippen LogP contribution is -2.17. The van der Waals surface area contributed by atoms with Gasteiger partial charge < -0.3 is 4.74 Å². The molecule has 122 valence electrons. The summed E-state index contributed by atoms with van der Waals surface area (Å²) in [5.41, 5.74) is 2.02. The number of carbonyl (C=O) groups excluding carboxylic acids is 1.